The molecule has 4 aliphatic rings. The number of allylic oxidation sites excluding steroid dienone is 1. The van der Waals surface area contributed by atoms with Crippen LogP contribution >= 0.6 is 0 Å². The van der Waals surface area contributed by atoms with Gasteiger partial charge in [0.05, 0.1) is 7.11 Å². The number of ketones is 1. The highest BCUT2D eigenvalue weighted by atomic mass is 16.5. The fourth-order valence-corrected chi connectivity index (χ4v) is 7.12. The molecule has 4 fully saturated rings. The molecule has 34 heavy (non-hydrogen) atoms. The number of methoxy groups -OCH3 is 1. The average Bonchev–Trinajstić information content (AvgIpc) is 2.85. The molecule has 174 valence electrons. The summed E-state index contributed by atoms with van der Waals surface area (Å²) >= 11 is 0. The first-order chi connectivity index (χ1) is 16.6. The Hall–Kier alpha value is -3.14. The first kappa shape index (κ1) is 21.4. The molecule has 4 aliphatic carbocycles. The molecule has 0 amide bonds. The van der Waals surface area contributed by atoms with Gasteiger partial charge in [0.2, 0.25) is 0 Å². The molecule has 4 bridgehead atoms. The van der Waals surface area contributed by atoms with Gasteiger partial charge in [-0.15, -0.1) is 0 Å². The second-order valence-corrected chi connectivity index (χ2v) is 10.6. The van der Waals surface area contributed by atoms with Gasteiger partial charge in [-0.2, -0.15) is 0 Å². The lowest BCUT2D eigenvalue weighted by atomic mass is 9.48. The Bertz CT molecular complexity index is 1220. The second kappa shape index (κ2) is 8.57. The van der Waals surface area contributed by atoms with Gasteiger partial charge in [0.25, 0.3) is 0 Å². The summed E-state index contributed by atoms with van der Waals surface area (Å²) in [7, 11) is 1.67. The highest BCUT2D eigenvalue weighted by Gasteiger charge is 2.53. The van der Waals surface area contributed by atoms with E-state index in [1.165, 1.54) is 19.3 Å². The molecule has 4 saturated carbocycles. The topological polar surface area (TPSA) is 48.4 Å². The van der Waals surface area contributed by atoms with Crippen molar-refractivity contribution >= 4 is 22.8 Å². The molecule has 0 aliphatic heterocycles. The van der Waals surface area contributed by atoms with Gasteiger partial charge in [0.1, 0.15) is 23.6 Å². The molecule has 0 spiro atoms. The van der Waals surface area contributed by atoms with E-state index in [4.69, 9.17) is 9.47 Å². The fraction of sp³-hybridized carbons (Fsp3) is 0.400. The van der Waals surface area contributed by atoms with Crippen LogP contribution in [0.15, 0.2) is 60.8 Å². The van der Waals surface area contributed by atoms with Gasteiger partial charge in [-0.25, -0.2) is 0 Å². The summed E-state index contributed by atoms with van der Waals surface area (Å²) in [6.07, 6.45) is 13.0. The van der Waals surface area contributed by atoms with E-state index < -0.39 is 0 Å². The number of nitrogens with zero attached hydrogens (tertiary/aromatic N) is 1. The summed E-state index contributed by atoms with van der Waals surface area (Å²) in [6.45, 7) is 0.365. The van der Waals surface area contributed by atoms with E-state index in [0.29, 0.717) is 12.4 Å². The summed E-state index contributed by atoms with van der Waals surface area (Å²) in [4.78, 5) is 17.8. The zero-order valence-corrected chi connectivity index (χ0v) is 19.7. The number of benzene rings is 2. The van der Waals surface area contributed by atoms with Gasteiger partial charge in [-0.1, -0.05) is 30.3 Å². The van der Waals surface area contributed by atoms with Crippen molar-refractivity contribution in [3.63, 3.8) is 0 Å². The Morgan fingerprint density at radius 1 is 1.00 bits per heavy atom. The number of carbonyl (C=O) groups is 1. The van der Waals surface area contributed by atoms with Crippen molar-refractivity contribution in [1.29, 1.82) is 0 Å². The minimum atomic E-state index is -0.0922. The van der Waals surface area contributed by atoms with Crippen molar-refractivity contribution in [2.45, 2.75) is 45.1 Å². The quantitative estimate of drug-likeness (QED) is 0.377. The fourth-order valence-electron chi connectivity index (χ4n) is 7.12. The van der Waals surface area contributed by atoms with Crippen LogP contribution in [0.1, 0.15) is 49.7 Å². The largest absolute Gasteiger partial charge is 0.496 e. The number of carbonyl (C=O) groups excluding carboxylic acids is 1. The Kier molecular flexibility index (Phi) is 5.40. The van der Waals surface area contributed by atoms with E-state index in [0.717, 1.165) is 70.5 Å². The molecule has 3 aromatic rings. The zero-order valence-electron chi connectivity index (χ0n) is 19.7. The van der Waals surface area contributed by atoms with Crippen LogP contribution in [0.4, 0.5) is 0 Å². The number of aromatic nitrogens is 1. The van der Waals surface area contributed by atoms with Gasteiger partial charge in [0.15, 0.2) is 5.78 Å². The Labute approximate surface area is 201 Å². The predicted octanol–water partition coefficient (Wildman–Crippen LogP) is 6.62. The lowest BCUT2D eigenvalue weighted by molar-refractivity contribution is -0.138. The van der Waals surface area contributed by atoms with E-state index in [1.54, 1.807) is 13.3 Å². The van der Waals surface area contributed by atoms with E-state index in [9.17, 15) is 4.79 Å². The van der Waals surface area contributed by atoms with Crippen molar-refractivity contribution in [2.24, 2.45) is 23.2 Å². The maximum absolute atomic E-state index is 13.4. The van der Waals surface area contributed by atoms with Crippen LogP contribution in [0.2, 0.25) is 0 Å². The second-order valence-electron chi connectivity index (χ2n) is 10.6. The number of hydrogen-bond donors (Lipinski definition) is 0. The van der Waals surface area contributed by atoms with Gasteiger partial charge >= 0.3 is 0 Å². The number of pyridine rings is 1. The molecule has 0 atom stereocenters. The van der Waals surface area contributed by atoms with Crippen LogP contribution in [-0.2, 0) is 11.4 Å². The number of ether oxygens (including phenoxy) is 2. The van der Waals surface area contributed by atoms with Crippen molar-refractivity contribution in [3.05, 3.63) is 71.9 Å². The van der Waals surface area contributed by atoms with Crippen LogP contribution in [0.3, 0.4) is 0 Å². The SMILES string of the molecule is COc1ccc(/C=C/C(=O)C23CC4CC(CC(C4)C2)C3)cc1COc1cccc2cccnc12. The zero-order chi connectivity index (χ0) is 23.1. The number of fused-ring (bicyclic) bond motifs is 1. The van der Waals surface area contributed by atoms with Crippen molar-refractivity contribution < 1.29 is 14.3 Å². The van der Waals surface area contributed by atoms with E-state index in [1.807, 2.05) is 54.6 Å². The van der Waals surface area contributed by atoms with Crippen LogP contribution in [0, 0.1) is 23.2 Å². The molecule has 0 radical (unpaired) electrons. The summed E-state index contributed by atoms with van der Waals surface area (Å²) in [5.41, 5.74) is 2.69. The van der Waals surface area contributed by atoms with Crippen LogP contribution in [0.5, 0.6) is 11.5 Å². The summed E-state index contributed by atoms with van der Waals surface area (Å²) in [5, 5.41) is 1.05. The first-order valence-electron chi connectivity index (χ1n) is 12.5. The Balaban J connectivity index is 1.20. The lowest BCUT2D eigenvalue weighted by Gasteiger charge is -2.55. The third-order valence-corrected chi connectivity index (χ3v) is 8.27. The summed E-state index contributed by atoms with van der Waals surface area (Å²) in [5.74, 6) is 4.18. The van der Waals surface area contributed by atoms with Gasteiger partial charge in [0, 0.05) is 22.6 Å². The standard InChI is InChI=1S/C30H31NO3/c1-33-26-9-7-20(8-10-28(32)30-16-21-12-22(17-30)14-23(13-21)18-30)15-25(26)19-34-27-6-2-4-24-5-3-11-31-29(24)27/h2-11,15,21-23H,12-14,16-19H2,1H3/b10-8+. The molecule has 1 aromatic heterocycles. The van der Waals surface area contributed by atoms with E-state index in [2.05, 4.69) is 11.1 Å². The Morgan fingerprint density at radius 2 is 1.74 bits per heavy atom. The van der Waals surface area contributed by atoms with Gasteiger partial charge in [-0.05, 0) is 92.2 Å². The number of hydrogen-bond acceptors (Lipinski definition) is 4. The van der Waals surface area contributed by atoms with E-state index >= 15 is 0 Å². The molecule has 0 saturated heterocycles. The van der Waals surface area contributed by atoms with Crippen molar-refractivity contribution in [3.8, 4) is 11.5 Å². The van der Waals surface area contributed by atoms with Gasteiger partial charge in [-0.3, -0.25) is 9.78 Å². The third kappa shape index (κ3) is 3.89. The first-order valence-corrected chi connectivity index (χ1v) is 12.5. The number of para-hydroxylation sites is 1. The molecule has 4 heteroatoms. The maximum Gasteiger partial charge on any atom is 0.161 e. The van der Waals surface area contributed by atoms with Crippen molar-refractivity contribution in [2.75, 3.05) is 7.11 Å². The minimum Gasteiger partial charge on any atom is -0.496 e. The molecular weight excluding hydrogens is 422 g/mol. The summed E-state index contributed by atoms with van der Waals surface area (Å²) in [6, 6.07) is 15.9. The number of rotatable bonds is 7. The molecular formula is C30H31NO3. The highest BCUT2D eigenvalue weighted by Crippen LogP contribution is 2.60. The molecule has 0 unspecified atom stereocenters. The Morgan fingerprint density at radius 3 is 2.47 bits per heavy atom. The van der Waals surface area contributed by atoms with Gasteiger partial charge < -0.3 is 9.47 Å². The predicted molar refractivity (Wildman–Crippen MR) is 134 cm³/mol. The highest BCUT2D eigenvalue weighted by molar-refractivity contribution is 5.98. The molecule has 4 nitrogen and oxygen atoms in total. The van der Waals surface area contributed by atoms with Crippen molar-refractivity contribution in [1.82, 2.24) is 4.98 Å². The monoisotopic (exact) mass is 453 g/mol. The normalized spacial score (nSPS) is 27.4. The lowest BCUT2D eigenvalue weighted by Crippen LogP contribution is -2.49. The smallest absolute Gasteiger partial charge is 0.161 e. The average molecular weight is 454 g/mol. The van der Waals surface area contributed by atoms with Crippen LogP contribution < -0.4 is 9.47 Å². The third-order valence-electron chi connectivity index (χ3n) is 8.27. The molecule has 2 aromatic carbocycles. The van der Waals surface area contributed by atoms with E-state index in [-0.39, 0.29) is 5.41 Å². The van der Waals surface area contributed by atoms with Crippen LogP contribution in [-0.4, -0.2) is 17.9 Å². The summed E-state index contributed by atoms with van der Waals surface area (Å²) < 4.78 is 11.7. The molecule has 7 rings (SSSR count). The van der Waals surface area contributed by atoms with Crippen LogP contribution in [0.25, 0.3) is 17.0 Å². The minimum absolute atomic E-state index is 0.0922. The molecule has 0 N–H and O–H groups in total. The molecule has 1 heterocycles. The maximum atomic E-state index is 13.4.